The summed E-state index contributed by atoms with van der Waals surface area (Å²) in [7, 11) is 1.65. The fourth-order valence-corrected chi connectivity index (χ4v) is 3.02. The van der Waals surface area contributed by atoms with E-state index in [9.17, 15) is 4.79 Å². The van der Waals surface area contributed by atoms with E-state index in [0.717, 1.165) is 24.4 Å². The van der Waals surface area contributed by atoms with Gasteiger partial charge in [0, 0.05) is 18.4 Å². The highest BCUT2D eigenvalue weighted by Crippen LogP contribution is 2.24. The Morgan fingerprint density at radius 2 is 2.25 bits per heavy atom. The third-order valence-corrected chi connectivity index (χ3v) is 4.27. The van der Waals surface area contributed by atoms with Crippen molar-refractivity contribution in [1.82, 2.24) is 5.32 Å². The molecule has 1 aliphatic rings. The summed E-state index contributed by atoms with van der Waals surface area (Å²) in [6.07, 6.45) is 3.63. The van der Waals surface area contributed by atoms with Crippen LogP contribution in [-0.2, 0) is 11.2 Å². The average Bonchev–Trinajstić information content (AvgIpc) is 2.48. The molecule has 20 heavy (non-hydrogen) atoms. The monoisotopic (exact) mass is 275 g/mol. The maximum absolute atomic E-state index is 12.3. The van der Waals surface area contributed by atoms with Gasteiger partial charge in [-0.2, -0.15) is 0 Å². The quantitative estimate of drug-likeness (QED) is 0.867. The zero-order valence-corrected chi connectivity index (χ0v) is 12.5. The first-order valence-corrected chi connectivity index (χ1v) is 7.55. The first-order chi connectivity index (χ1) is 9.70. The number of Topliss-reactive ketones (excluding diaryl/α,β-unsaturated/α-hetero) is 1. The largest absolute Gasteiger partial charge is 0.496 e. The van der Waals surface area contributed by atoms with Crippen molar-refractivity contribution in [2.45, 2.75) is 32.6 Å². The molecule has 1 aromatic carbocycles. The summed E-state index contributed by atoms with van der Waals surface area (Å²) in [6.45, 7) is 4.39. The number of benzene rings is 1. The summed E-state index contributed by atoms with van der Waals surface area (Å²) >= 11 is 0. The van der Waals surface area contributed by atoms with Crippen LogP contribution in [0.5, 0.6) is 5.75 Å². The fraction of sp³-hybridized carbons (Fsp3) is 0.588. The van der Waals surface area contributed by atoms with Gasteiger partial charge in [-0.3, -0.25) is 4.79 Å². The number of carbonyl (C=O) groups is 1. The lowest BCUT2D eigenvalue weighted by Crippen LogP contribution is -2.34. The Kier molecular flexibility index (Phi) is 5.60. The van der Waals surface area contributed by atoms with Gasteiger partial charge < -0.3 is 10.1 Å². The van der Waals surface area contributed by atoms with Gasteiger partial charge in [-0.25, -0.2) is 0 Å². The minimum atomic E-state index is 0.313. The van der Waals surface area contributed by atoms with Gasteiger partial charge in [-0.05, 0) is 43.8 Å². The molecule has 0 amide bonds. The van der Waals surface area contributed by atoms with Crippen LogP contribution in [0.2, 0.25) is 0 Å². The Morgan fingerprint density at radius 1 is 1.45 bits per heavy atom. The summed E-state index contributed by atoms with van der Waals surface area (Å²) in [5.41, 5.74) is 0.994. The molecular formula is C17H25NO2. The summed E-state index contributed by atoms with van der Waals surface area (Å²) < 4.78 is 5.31. The zero-order valence-electron chi connectivity index (χ0n) is 12.5. The van der Waals surface area contributed by atoms with Crippen LogP contribution in [-0.4, -0.2) is 26.0 Å². The van der Waals surface area contributed by atoms with E-state index >= 15 is 0 Å². The third kappa shape index (κ3) is 4.07. The van der Waals surface area contributed by atoms with Gasteiger partial charge in [-0.1, -0.05) is 25.1 Å². The second kappa shape index (κ2) is 7.44. The van der Waals surface area contributed by atoms with Gasteiger partial charge >= 0.3 is 0 Å². The molecular weight excluding hydrogens is 250 g/mol. The van der Waals surface area contributed by atoms with Crippen molar-refractivity contribution in [3.63, 3.8) is 0 Å². The number of nitrogens with one attached hydrogen (secondary N) is 1. The zero-order chi connectivity index (χ0) is 14.4. The first kappa shape index (κ1) is 15.0. The van der Waals surface area contributed by atoms with Gasteiger partial charge in [0.2, 0.25) is 0 Å². The van der Waals surface area contributed by atoms with Crippen molar-refractivity contribution < 1.29 is 9.53 Å². The number of rotatable bonds is 6. The highest BCUT2D eigenvalue weighted by atomic mass is 16.5. The number of para-hydroxylation sites is 1. The molecule has 3 heteroatoms. The van der Waals surface area contributed by atoms with E-state index in [0.29, 0.717) is 30.5 Å². The molecule has 0 bridgehead atoms. The number of ketones is 1. The topological polar surface area (TPSA) is 38.3 Å². The van der Waals surface area contributed by atoms with Crippen LogP contribution in [0.4, 0.5) is 0 Å². The smallest absolute Gasteiger partial charge is 0.137 e. The maximum atomic E-state index is 12.3. The molecule has 1 fully saturated rings. The molecule has 2 unspecified atom stereocenters. The Bertz CT molecular complexity index is 438. The van der Waals surface area contributed by atoms with Gasteiger partial charge in [0.1, 0.15) is 11.5 Å². The molecule has 1 heterocycles. The number of carbonyl (C=O) groups excluding carboxylic acids is 1. The van der Waals surface area contributed by atoms with Gasteiger partial charge in [0.15, 0.2) is 0 Å². The van der Waals surface area contributed by atoms with E-state index in [1.165, 1.54) is 12.8 Å². The normalized spacial score (nSPS) is 20.4. The lowest BCUT2D eigenvalue weighted by atomic mass is 9.83. The number of piperidine rings is 1. The predicted molar refractivity (Wildman–Crippen MR) is 81.1 cm³/mol. The highest BCUT2D eigenvalue weighted by molar-refractivity contribution is 5.81. The van der Waals surface area contributed by atoms with E-state index in [4.69, 9.17) is 4.74 Å². The van der Waals surface area contributed by atoms with Crippen LogP contribution in [0, 0.1) is 11.8 Å². The SMILES string of the molecule is COc1ccccc1CC(=O)CC(C)C1CCCNC1. The maximum Gasteiger partial charge on any atom is 0.137 e. The fourth-order valence-electron chi connectivity index (χ4n) is 3.02. The molecule has 2 rings (SSSR count). The van der Waals surface area contributed by atoms with E-state index in [2.05, 4.69) is 12.2 Å². The molecule has 1 N–H and O–H groups in total. The molecule has 110 valence electrons. The molecule has 0 aliphatic carbocycles. The standard InChI is InChI=1S/C17H25NO2/c1-13(15-7-5-9-18-12-15)10-16(19)11-14-6-3-4-8-17(14)20-2/h3-4,6,8,13,15,18H,5,7,9-12H2,1-2H3. The van der Waals surface area contributed by atoms with Crippen LogP contribution in [0.3, 0.4) is 0 Å². The van der Waals surface area contributed by atoms with Crippen LogP contribution in [0.15, 0.2) is 24.3 Å². The number of ether oxygens (including phenoxy) is 1. The third-order valence-electron chi connectivity index (χ3n) is 4.27. The molecule has 0 aromatic heterocycles. The number of hydrogen-bond donors (Lipinski definition) is 1. The van der Waals surface area contributed by atoms with Crippen molar-refractivity contribution in [2.24, 2.45) is 11.8 Å². The predicted octanol–water partition coefficient (Wildman–Crippen LogP) is 2.83. The molecule has 0 radical (unpaired) electrons. The summed E-state index contributed by atoms with van der Waals surface area (Å²) in [5, 5.41) is 3.43. The van der Waals surface area contributed by atoms with Crippen LogP contribution >= 0.6 is 0 Å². The Balaban J connectivity index is 1.88. The van der Waals surface area contributed by atoms with E-state index < -0.39 is 0 Å². The van der Waals surface area contributed by atoms with Crippen molar-refractivity contribution in [1.29, 1.82) is 0 Å². The lowest BCUT2D eigenvalue weighted by molar-refractivity contribution is -0.119. The average molecular weight is 275 g/mol. The van der Waals surface area contributed by atoms with Crippen molar-refractivity contribution >= 4 is 5.78 Å². The minimum Gasteiger partial charge on any atom is -0.496 e. The highest BCUT2D eigenvalue weighted by Gasteiger charge is 2.22. The van der Waals surface area contributed by atoms with Gasteiger partial charge in [-0.15, -0.1) is 0 Å². The second-order valence-corrected chi connectivity index (χ2v) is 5.82. The molecule has 2 atom stereocenters. The van der Waals surface area contributed by atoms with Crippen LogP contribution in [0.1, 0.15) is 31.7 Å². The molecule has 1 aromatic rings. The van der Waals surface area contributed by atoms with Crippen LogP contribution in [0.25, 0.3) is 0 Å². The summed E-state index contributed by atoms with van der Waals surface area (Å²) in [6, 6.07) is 7.78. The van der Waals surface area contributed by atoms with E-state index in [1.807, 2.05) is 24.3 Å². The number of methoxy groups -OCH3 is 1. The molecule has 1 saturated heterocycles. The Labute approximate surface area is 121 Å². The van der Waals surface area contributed by atoms with Crippen molar-refractivity contribution in [3.05, 3.63) is 29.8 Å². The minimum absolute atomic E-state index is 0.313. The summed E-state index contributed by atoms with van der Waals surface area (Å²) in [4.78, 5) is 12.3. The van der Waals surface area contributed by atoms with E-state index in [-0.39, 0.29) is 0 Å². The van der Waals surface area contributed by atoms with Gasteiger partial charge in [0.25, 0.3) is 0 Å². The molecule has 1 aliphatic heterocycles. The van der Waals surface area contributed by atoms with Crippen LogP contribution < -0.4 is 10.1 Å². The Morgan fingerprint density at radius 3 is 2.95 bits per heavy atom. The van der Waals surface area contributed by atoms with E-state index in [1.54, 1.807) is 7.11 Å². The van der Waals surface area contributed by atoms with Crippen molar-refractivity contribution in [3.8, 4) is 5.75 Å². The van der Waals surface area contributed by atoms with Gasteiger partial charge in [0.05, 0.1) is 7.11 Å². The number of hydrogen-bond acceptors (Lipinski definition) is 3. The first-order valence-electron chi connectivity index (χ1n) is 7.55. The summed E-state index contributed by atoms with van der Waals surface area (Å²) in [5.74, 6) is 2.23. The lowest BCUT2D eigenvalue weighted by Gasteiger charge is -2.28. The molecule has 0 spiro atoms. The molecule has 3 nitrogen and oxygen atoms in total. The second-order valence-electron chi connectivity index (χ2n) is 5.82. The Hall–Kier alpha value is -1.35. The van der Waals surface area contributed by atoms with Crippen molar-refractivity contribution in [2.75, 3.05) is 20.2 Å². The molecule has 0 saturated carbocycles.